The molecule has 0 amide bonds. The van der Waals surface area contributed by atoms with Crippen molar-refractivity contribution < 1.29 is 41.5 Å². The summed E-state index contributed by atoms with van der Waals surface area (Å²) in [6.45, 7) is 10.3. The fourth-order valence-electron chi connectivity index (χ4n) is 0.849. The van der Waals surface area contributed by atoms with Crippen LogP contribution >= 0.6 is 0 Å². The van der Waals surface area contributed by atoms with Crippen LogP contribution in [0.25, 0.3) is 11.0 Å². The van der Waals surface area contributed by atoms with Gasteiger partial charge in [-0.15, -0.1) is 17.5 Å². The van der Waals surface area contributed by atoms with Crippen molar-refractivity contribution in [2.75, 3.05) is 0 Å². The number of hydrogen-bond acceptors (Lipinski definition) is 4. The fourth-order valence-corrected chi connectivity index (χ4v) is 0.849. The number of hydrogen-bond donors (Lipinski definition) is 3. The fraction of sp³-hybridized carbons (Fsp3) is 0.529. The molecule has 2 rings (SSSR count). The normalized spacial score (nSPS) is 9.09. The van der Waals surface area contributed by atoms with Crippen molar-refractivity contribution in [2.45, 2.75) is 59.9 Å². The molecule has 0 saturated heterocycles. The first-order valence-electron chi connectivity index (χ1n) is 7.05. The van der Waals surface area contributed by atoms with E-state index in [1.807, 2.05) is 30.3 Å². The van der Waals surface area contributed by atoms with Crippen LogP contribution in [0, 0.1) is 6.26 Å². The van der Waals surface area contributed by atoms with Crippen LogP contribution in [0.4, 0.5) is 0 Å². The predicted molar refractivity (Wildman–Crippen MR) is 87.1 cm³/mol. The van der Waals surface area contributed by atoms with Gasteiger partial charge >= 0.3 is 0 Å². The quantitative estimate of drug-likeness (QED) is 0.505. The molecule has 0 saturated carbocycles. The minimum absolute atomic E-state index is 0. The van der Waals surface area contributed by atoms with Crippen molar-refractivity contribution in [1.29, 1.82) is 0 Å². The number of rotatable bonds is 0. The molecule has 3 N–H and O–H groups in total. The summed E-state index contributed by atoms with van der Waals surface area (Å²) in [6.07, 6.45) is 2.16. The molecule has 0 radical (unpaired) electrons. The Bertz CT molecular complexity index is 386. The summed E-state index contributed by atoms with van der Waals surface area (Å²) < 4.78 is 4.99. The molecule has 0 atom stereocenters. The van der Waals surface area contributed by atoms with Gasteiger partial charge in [0.05, 0.1) is 0 Å². The summed E-state index contributed by atoms with van der Waals surface area (Å²) in [7, 11) is 0. The van der Waals surface area contributed by atoms with Crippen LogP contribution in [-0.4, -0.2) is 33.6 Å². The number of benzene rings is 1. The summed E-state index contributed by atoms with van der Waals surface area (Å²) in [6, 6.07) is 9.67. The van der Waals surface area contributed by atoms with Gasteiger partial charge in [-0.2, -0.15) is 0 Å². The van der Waals surface area contributed by atoms with Crippen LogP contribution in [0.5, 0.6) is 0 Å². The number of aliphatic hydroxyl groups excluding tert-OH is 3. The van der Waals surface area contributed by atoms with Crippen LogP contribution in [0.3, 0.4) is 0 Å². The average molecular weight is 345 g/mol. The molecular formula is C17H29O4Ti-. The molecular weight excluding hydrogens is 316 g/mol. The maximum absolute atomic E-state index is 8.06. The van der Waals surface area contributed by atoms with Crippen molar-refractivity contribution in [3.63, 3.8) is 0 Å². The van der Waals surface area contributed by atoms with E-state index in [1.54, 1.807) is 41.5 Å². The zero-order chi connectivity index (χ0) is 16.8. The molecule has 126 valence electrons. The second kappa shape index (κ2) is 16.7. The third-order valence-corrected chi connectivity index (χ3v) is 1.30. The summed E-state index contributed by atoms with van der Waals surface area (Å²) in [5, 5.41) is 25.3. The third-order valence-electron chi connectivity index (χ3n) is 1.30. The van der Waals surface area contributed by atoms with Crippen molar-refractivity contribution in [1.82, 2.24) is 0 Å². The van der Waals surface area contributed by atoms with E-state index in [-0.39, 0.29) is 40.0 Å². The van der Waals surface area contributed by atoms with E-state index in [9.17, 15) is 0 Å². The van der Waals surface area contributed by atoms with Crippen molar-refractivity contribution >= 4 is 11.0 Å². The SMILES string of the molecule is CC(C)O.CC(C)O.CC(C)O.[Ti].[c-]1cc2ccccc2o1. The van der Waals surface area contributed by atoms with Crippen LogP contribution in [-0.2, 0) is 21.7 Å². The summed E-state index contributed by atoms with van der Waals surface area (Å²) in [5.74, 6) is 0. The maximum atomic E-state index is 8.06. The standard InChI is InChI=1S/C8H5O.3C3H8O.Ti/c1-2-4-8-7(3-1)5-6-9-8;3*1-3(2)4;/h1-5H;3*3-4H,1-2H3;/q-1;;;;. The Morgan fingerprint density at radius 1 is 0.818 bits per heavy atom. The predicted octanol–water partition coefficient (Wildman–Crippen LogP) is 3.39. The van der Waals surface area contributed by atoms with E-state index < -0.39 is 0 Å². The Morgan fingerprint density at radius 3 is 1.55 bits per heavy atom. The molecule has 1 aromatic carbocycles. The minimum atomic E-state index is -0.167. The Kier molecular flexibility index (Phi) is 20.0. The van der Waals surface area contributed by atoms with Gasteiger partial charge in [-0.25, -0.2) is 0 Å². The molecule has 0 spiro atoms. The van der Waals surface area contributed by atoms with Gasteiger partial charge in [-0.1, -0.05) is 18.2 Å². The molecule has 0 aliphatic carbocycles. The van der Waals surface area contributed by atoms with Gasteiger partial charge in [0, 0.05) is 40.0 Å². The number of para-hydroxylation sites is 1. The summed E-state index contributed by atoms with van der Waals surface area (Å²) >= 11 is 0. The number of aliphatic hydroxyl groups is 3. The van der Waals surface area contributed by atoms with Gasteiger partial charge in [-0.05, 0) is 53.4 Å². The van der Waals surface area contributed by atoms with Gasteiger partial charge < -0.3 is 19.7 Å². The monoisotopic (exact) mass is 345 g/mol. The van der Waals surface area contributed by atoms with E-state index in [2.05, 4.69) is 6.26 Å². The third kappa shape index (κ3) is 24.4. The van der Waals surface area contributed by atoms with Crippen LogP contribution in [0.1, 0.15) is 41.5 Å². The first-order chi connectivity index (χ1) is 9.66. The van der Waals surface area contributed by atoms with Gasteiger partial charge in [0.15, 0.2) is 0 Å². The summed E-state index contributed by atoms with van der Waals surface area (Å²) in [4.78, 5) is 0. The van der Waals surface area contributed by atoms with E-state index >= 15 is 0 Å². The molecule has 0 aliphatic rings. The van der Waals surface area contributed by atoms with Gasteiger partial charge in [0.25, 0.3) is 0 Å². The van der Waals surface area contributed by atoms with Crippen LogP contribution < -0.4 is 0 Å². The van der Waals surface area contributed by atoms with Gasteiger partial charge in [0.1, 0.15) is 0 Å². The average Bonchev–Trinajstić information content (AvgIpc) is 2.74. The Balaban J connectivity index is -0.000000241. The Labute approximate surface area is 149 Å². The first kappa shape index (κ1) is 26.3. The van der Waals surface area contributed by atoms with Gasteiger partial charge in [0.2, 0.25) is 0 Å². The molecule has 0 aliphatic heterocycles. The topological polar surface area (TPSA) is 73.8 Å². The molecule has 22 heavy (non-hydrogen) atoms. The molecule has 1 heterocycles. The molecule has 0 unspecified atom stereocenters. The summed E-state index contributed by atoms with van der Waals surface area (Å²) in [5.41, 5.74) is 0.900. The maximum Gasteiger partial charge on any atom is 0.0483 e. The molecule has 2 aromatic rings. The van der Waals surface area contributed by atoms with E-state index in [4.69, 9.17) is 19.7 Å². The van der Waals surface area contributed by atoms with E-state index in [0.29, 0.717) is 0 Å². The smallest absolute Gasteiger partial charge is 0.0483 e. The molecule has 5 heteroatoms. The number of furan rings is 1. The zero-order valence-electron chi connectivity index (χ0n) is 14.4. The zero-order valence-corrected chi connectivity index (χ0v) is 15.9. The Hall–Kier alpha value is -0.646. The molecule has 0 fully saturated rings. The second-order valence-electron chi connectivity index (χ2n) is 5.18. The largest absolute Gasteiger partial charge is 0.591 e. The van der Waals surface area contributed by atoms with Gasteiger partial charge in [-0.3, -0.25) is 0 Å². The minimum Gasteiger partial charge on any atom is -0.591 e. The first-order valence-corrected chi connectivity index (χ1v) is 7.05. The second-order valence-corrected chi connectivity index (χ2v) is 5.18. The van der Waals surface area contributed by atoms with Crippen molar-refractivity contribution in [3.05, 3.63) is 36.6 Å². The molecule has 0 bridgehead atoms. The van der Waals surface area contributed by atoms with Crippen molar-refractivity contribution in [2.24, 2.45) is 0 Å². The number of fused-ring (bicyclic) bond motifs is 1. The van der Waals surface area contributed by atoms with Crippen LogP contribution in [0.2, 0.25) is 0 Å². The molecule has 1 aromatic heterocycles. The van der Waals surface area contributed by atoms with Crippen molar-refractivity contribution in [3.8, 4) is 0 Å². The molecule has 4 nitrogen and oxygen atoms in total. The van der Waals surface area contributed by atoms with Crippen LogP contribution in [0.15, 0.2) is 34.7 Å². The Morgan fingerprint density at radius 2 is 1.18 bits per heavy atom. The van der Waals surface area contributed by atoms with E-state index in [0.717, 1.165) is 11.0 Å². The van der Waals surface area contributed by atoms with E-state index in [1.165, 1.54) is 0 Å².